The Morgan fingerprint density at radius 1 is 1.40 bits per heavy atom. The van der Waals surface area contributed by atoms with E-state index in [0.29, 0.717) is 5.02 Å². The fourth-order valence-corrected chi connectivity index (χ4v) is 1.64. The van der Waals surface area contributed by atoms with Gasteiger partial charge in [-0.1, -0.05) is 11.6 Å². The van der Waals surface area contributed by atoms with E-state index < -0.39 is 0 Å². The van der Waals surface area contributed by atoms with Gasteiger partial charge in [0, 0.05) is 15.7 Å². The molecule has 0 radical (unpaired) electrons. The third kappa shape index (κ3) is 3.28. The van der Waals surface area contributed by atoms with Gasteiger partial charge >= 0.3 is 0 Å². The average Bonchev–Trinajstić information content (AvgIpc) is 2.22. The lowest BCUT2D eigenvalue weighted by molar-refractivity contribution is 1.44. The van der Waals surface area contributed by atoms with Gasteiger partial charge in [-0.3, -0.25) is 0 Å². The smallest absolute Gasteiger partial charge is 0.145 e. The molecule has 3 nitrogen and oxygen atoms in total. The average molecular weight is 283 g/mol. The monoisotopic (exact) mass is 281 g/mol. The highest BCUT2D eigenvalue weighted by Crippen LogP contribution is 2.25. The molecule has 0 bridgehead atoms. The Balaban J connectivity index is 2.89. The molecule has 0 aliphatic carbocycles. The second-order valence-electron chi connectivity index (χ2n) is 2.55. The van der Waals surface area contributed by atoms with E-state index in [-0.39, 0.29) is 5.57 Å². The lowest BCUT2D eigenvalue weighted by atomic mass is 10.3. The van der Waals surface area contributed by atoms with Gasteiger partial charge in [0.25, 0.3) is 0 Å². The summed E-state index contributed by atoms with van der Waals surface area (Å²) in [6, 6.07) is 8.67. The Labute approximate surface area is 101 Å². The second-order valence-corrected chi connectivity index (χ2v) is 3.84. The highest BCUT2D eigenvalue weighted by molar-refractivity contribution is 9.10. The van der Waals surface area contributed by atoms with Crippen molar-refractivity contribution in [3.8, 4) is 12.1 Å². The quantitative estimate of drug-likeness (QED) is 0.845. The molecule has 0 atom stereocenters. The first kappa shape index (κ1) is 11.6. The molecular weight excluding hydrogens is 277 g/mol. The van der Waals surface area contributed by atoms with E-state index in [4.69, 9.17) is 22.1 Å². The lowest BCUT2D eigenvalue weighted by Gasteiger charge is -2.03. The minimum absolute atomic E-state index is 0.0110. The summed E-state index contributed by atoms with van der Waals surface area (Å²) in [5.41, 5.74) is 0.749. The molecule has 0 unspecified atom stereocenters. The zero-order chi connectivity index (χ0) is 11.3. The van der Waals surface area contributed by atoms with Crippen molar-refractivity contribution in [1.29, 1.82) is 10.5 Å². The van der Waals surface area contributed by atoms with Crippen LogP contribution in [0.25, 0.3) is 0 Å². The van der Waals surface area contributed by atoms with Gasteiger partial charge in [0.15, 0.2) is 0 Å². The van der Waals surface area contributed by atoms with Crippen LogP contribution < -0.4 is 5.32 Å². The summed E-state index contributed by atoms with van der Waals surface area (Å²) in [5, 5.41) is 20.4. The van der Waals surface area contributed by atoms with Gasteiger partial charge < -0.3 is 5.32 Å². The number of hydrogen-bond acceptors (Lipinski definition) is 3. The van der Waals surface area contributed by atoms with Gasteiger partial charge in [-0.2, -0.15) is 10.5 Å². The Morgan fingerprint density at radius 3 is 2.60 bits per heavy atom. The minimum atomic E-state index is 0.0110. The molecule has 74 valence electrons. The molecule has 0 aliphatic heterocycles. The number of allylic oxidation sites excluding steroid dienone is 1. The van der Waals surface area contributed by atoms with E-state index in [1.54, 1.807) is 30.3 Å². The number of rotatable bonds is 2. The van der Waals surface area contributed by atoms with Crippen molar-refractivity contribution in [1.82, 2.24) is 0 Å². The van der Waals surface area contributed by atoms with Crippen molar-refractivity contribution in [2.45, 2.75) is 0 Å². The van der Waals surface area contributed by atoms with E-state index in [1.807, 2.05) is 0 Å². The van der Waals surface area contributed by atoms with E-state index in [2.05, 4.69) is 21.2 Å². The maximum atomic E-state index is 8.50. The molecule has 1 aromatic rings. The molecule has 0 saturated carbocycles. The van der Waals surface area contributed by atoms with Crippen LogP contribution in [0.4, 0.5) is 5.69 Å². The van der Waals surface area contributed by atoms with Crippen molar-refractivity contribution in [3.63, 3.8) is 0 Å². The molecule has 0 spiro atoms. The van der Waals surface area contributed by atoms with Crippen molar-refractivity contribution < 1.29 is 0 Å². The Kier molecular flexibility index (Phi) is 4.17. The SMILES string of the molecule is N#CC(C#N)=CNc1ccc(Cl)cc1Br. The topological polar surface area (TPSA) is 59.6 Å². The lowest BCUT2D eigenvalue weighted by Crippen LogP contribution is -1.90. The van der Waals surface area contributed by atoms with Crippen molar-refractivity contribution >= 4 is 33.2 Å². The van der Waals surface area contributed by atoms with E-state index in [1.165, 1.54) is 6.20 Å². The largest absolute Gasteiger partial charge is 0.359 e. The van der Waals surface area contributed by atoms with Crippen LogP contribution >= 0.6 is 27.5 Å². The molecule has 1 aromatic carbocycles. The summed E-state index contributed by atoms with van der Waals surface area (Å²) in [6.07, 6.45) is 1.34. The van der Waals surface area contributed by atoms with E-state index >= 15 is 0 Å². The van der Waals surface area contributed by atoms with Gasteiger partial charge in [-0.05, 0) is 34.1 Å². The predicted molar refractivity (Wildman–Crippen MR) is 62.1 cm³/mol. The van der Waals surface area contributed by atoms with Crippen LogP contribution in [0.5, 0.6) is 0 Å². The number of nitrogens with zero attached hydrogens (tertiary/aromatic N) is 2. The molecule has 0 aromatic heterocycles. The van der Waals surface area contributed by atoms with Crippen LogP contribution in [0.15, 0.2) is 34.4 Å². The van der Waals surface area contributed by atoms with Crippen LogP contribution in [0.2, 0.25) is 5.02 Å². The number of halogens is 2. The number of anilines is 1. The molecule has 0 amide bonds. The second kappa shape index (κ2) is 5.41. The first-order valence-corrected chi connectivity index (χ1v) is 5.06. The fourth-order valence-electron chi connectivity index (χ4n) is 0.846. The molecule has 0 fully saturated rings. The van der Waals surface area contributed by atoms with Gasteiger partial charge in [0.2, 0.25) is 0 Å². The molecular formula is C10H5BrClN3. The Hall–Kier alpha value is -1.49. The van der Waals surface area contributed by atoms with Gasteiger partial charge in [-0.15, -0.1) is 0 Å². The summed E-state index contributed by atoms with van der Waals surface area (Å²) in [6.45, 7) is 0. The van der Waals surface area contributed by atoms with Crippen LogP contribution in [0, 0.1) is 22.7 Å². The molecule has 15 heavy (non-hydrogen) atoms. The predicted octanol–water partition coefficient (Wildman–Crippen LogP) is 3.45. The van der Waals surface area contributed by atoms with Crippen LogP contribution in [0.1, 0.15) is 0 Å². The van der Waals surface area contributed by atoms with Crippen molar-refractivity contribution in [2.24, 2.45) is 0 Å². The number of nitriles is 2. The van der Waals surface area contributed by atoms with Gasteiger partial charge in [0.05, 0.1) is 5.69 Å². The summed E-state index contributed by atoms with van der Waals surface area (Å²) in [7, 11) is 0. The Morgan fingerprint density at radius 2 is 2.07 bits per heavy atom. The third-order valence-corrected chi connectivity index (χ3v) is 2.44. The molecule has 5 heteroatoms. The summed E-state index contributed by atoms with van der Waals surface area (Å²) in [4.78, 5) is 0. The van der Waals surface area contributed by atoms with Crippen LogP contribution in [-0.4, -0.2) is 0 Å². The van der Waals surface area contributed by atoms with Crippen LogP contribution in [0.3, 0.4) is 0 Å². The fraction of sp³-hybridized carbons (Fsp3) is 0. The van der Waals surface area contributed by atoms with Gasteiger partial charge in [0.1, 0.15) is 17.7 Å². The minimum Gasteiger partial charge on any atom is -0.359 e. The highest BCUT2D eigenvalue weighted by Gasteiger charge is 1.99. The van der Waals surface area contributed by atoms with Gasteiger partial charge in [-0.25, -0.2) is 0 Å². The first-order chi connectivity index (χ1) is 7.17. The molecule has 0 heterocycles. The molecule has 0 aliphatic rings. The standard InChI is InChI=1S/C10H5BrClN3/c11-9-3-8(12)1-2-10(9)15-6-7(4-13)5-14/h1-3,6,15H. The van der Waals surface area contributed by atoms with Crippen molar-refractivity contribution in [3.05, 3.63) is 39.5 Å². The number of benzene rings is 1. The highest BCUT2D eigenvalue weighted by atomic mass is 79.9. The first-order valence-electron chi connectivity index (χ1n) is 3.89. The maximum absolute atomic E-state index is 8.50. The molecule has 0 saturated heterocycles. The molecule has 1 N–H and O–H groups in total. The zero-order valence-corrected chi connectivity index (χ0v) is 9.80. The molecule has 1 rings (SSSR count). The summed E-state index contributed by atoms with van der Waals surface area (Å²) >= 11 is 9.06. The van der Waals surface area contributed by atoms with Crippen LogP contribution in [-0.2, 0) is 0 Å². The Bertz CT molecular complexity index is 466. The maximum Gasteiger partial charge on any atom is 0.145 e. The summed E-state index contributed by atoms with van der Waals surface area (Å²) in [5.74, 6) is 0. The third-order valence-electron chi connectivity index (χ3n) is 1.54. The zero-order valence-electron chi connectivity index (χ0n) is 7.46. The van der Waals surface area contributed by atoms with E-state index in [0.717, 1.165) is 10.2 Å². The number of nitrogens with one attached hydrogen (secondary N) is 1. The van der Waals surface area contributed by atoms with Crippen molar-refractivity contribution in [2.75, 3.05) is 5.32 Å². The summed E-state index contributed by atoms with van der Waals surface area (Å²) < 4.78 is 0.765. The number of hydrogen-bond donors (Lipinski definition) is 1. The van der Waals surface area contributed by atoms with E-state index in [9.17, 15) is 0 Å². The normalized spacial score (nSPS) is 8.53.